The van der Waals surface area contributed by atoms with Gasteiger partial charge in [0.2, 0.25) is 0 Å². The van der Waals surface area contributed by atoms with Gasteiger partial charge in [-0.2, -0.15) is 0 Å². The maximum absolute atomic E-state index is 6.12. The van der Waals surface area contributed by atoms with Crippen molar-refractivity contribution in [3.05, 3.63) is 35.4 Å². The Morgan fingerprint density at radius 2 is 1.85 bits per heavy atom. The van der Waals surface area contributed by atoms with Gasteiger partial charge in [-0.05, 0) is 42.7 Å². The highest BCUT2D eigenvalue weighted by atomic mass is 15.2. The first-order valence-electron chi connectivity index (χ1n) is 8.06. The van der Waals surface area contributed by atoms with Crippen LogP contribution in [0.3, 0.4) is 0 Å². The summed E-state index contributed by atoms with van der Waals surface area (Å²) in [5, 5.41) is 0. The molecule has 1 aliphatic rings. The molecule has 0 amide bonds. The molecule has 0 aromatic heterocycles. The van der Waals surface area contributed by atoms with Gasteiger partial charge in [-0.1, -0.05) is 45.0 Å². The van der Waals surface area contributed by atoms with Gasteiger partial charge in [0.15, 0.2) is 0 Å². The van der Waals surface area contributed by atoms with Gasteiger partial charge in [-0.25, -0.2) is 0 Å². The summed E-state index contributed by atoms with van der Waals surface area (Å²) in [5.41, 5.74) is 9.00. The Hall–Kier alpha value is -0.860. The zero-order chi connectivity index (χ0) is 14.7. The van der Waals surface area contributed by atoms with Crippen LogP contribution in [0.5, 0.6) is 0 Å². The fraction of sp³-hybridized carbons (Fsp3) is 0.667. The van der Waals surface area contributed by atoms with Crippen LogP contribution in [-0.2, 0) is 6.42 Å². The molecule has 112 valence electrons. The highest BCUT2D eigenvalue weighted by Crippen LogP contribution is 2.26. The smallest absolute Gasteiger partial charge is 0.0320 e. The second kappa shape index (κ2) is 6.73. The second-order valence-corrected chi connectivity index (χ2v) is 6.94. The first-order chi connectivity index (χ1) is 9.47. The number of likely N-dealkylation sites (tertiary alicyclic amines) is 1. The van der Waals surface area contributed by atoms with Gasteiger partial charge in [-0.15, -0.1) is 0 Å². The van der Waals surface area contributed by atoms with E-state index in [9.17, 15) is 0 Å². The Morgan fingerprint density at radius 3 is 2.40 bits per heavy atom. The molecule has 0 radical (unpaired) electrons. The van der Waals surface area contributed by atoms with Gasteiger partial charge in [0.25, 0.3) is 0 Å². The predicted octanol–water partition coefficient (Wildman–Crippen LogP) is 3.62. The molecular formula is C18H30N2. The molecule has 2 nitrogen and oxygen atoms in total. The van der Waals surface area contributed by atoms with Crippen molar-refractivity contribution in [2.24, 2.45) is 17.6 Å². The van der Waals surface area contributed by atoms with Gasteiger partial charge in [0, 0.05) is 25.2 Å². The number of hydrogen-bond acceptors (Lipinski definition) is 2. The molecule has 0 saturated carbocycles. The van der Waals surface area contributed by atoms with Crippen molar-refractivity contribution < 1.29 is 0 Å². The fourth-order valence-electron chi connectivity index (χ4n) is 3.16. The lowest BCUT2D eigenvalue weighted by molar-refractivity contribution is 0.124. The molecule has 3 unspecified atom stereocenters. The molecule has 1 fully saturated rings. The van der Waals surface area contributed by atoms with E-state index in [1.807, 2.05) is 0 Å². The van der Waals surface area contributed by atoms with Crippen molar-refractivity contribution in [1.29, 1.82) is 0 Å². The molecule has 2 N–H and O–H groups in total. The third-order valence-corrected chi connectivity index (χ3v) is 4.66. The van der Waals surface area contributed by atoms with Gasteiger partial charge >= 0.3 is 0 Å². The normalized spacial score (nSPS) is 25.9. The van der Waals surface area contributed by atoms with Crippen LogP contribution in [0.25, 0.3) is 0 Å². The summed E-state index contributed by atoms with van der Waals surface area (Å²) < 4.78 is 0. The number of hydrogen-bond donors (Lipinski definition) is 1. The van der Waals surface area contributed by atoms with E-state index in [2.05, 4.69) is 56.9 Å². The summed E-state index contributed by atoms with van der Waals surface area (Å²) >= 11 is 0. The van der Waals surface area contributed by atoms with Gasteiger partial charge < -0.3 is 5.73 Å². The summed E-state index contributed by atoms with van der Waals surface area (Å²) in [6, 6.07) is 10.1. The van der Waals surface area contributed by atoms with Crippen LogP contribution >= 0.6 is 0 Å². The van der Waals surface area contributed by atoms with Gasteiger partial charge in [0.05, 0.1) is 0 Å². The molecule has 0 aliphatic carbocycles. The van der Waals surface area contributed by atoms with E-state index in [1.54, 1.807) is 0 Å². The lowest BCUT2D eigenvalue weighted by Crippen LogP contribution is -2.46. The molecule has 1 saturated heterocycles. The monoisotopic (exact) mass is 274 g/mol. The van der Waals surface area contributed by atoms with Crippen LogP contribution in [-0.4, -0.2) is 24.0 Å². The number of nitrogens with two attached hydrogens (primary N) is 1. The minimum Gasteiger partial charge on any atom is -0.327 e. The van der Waals surface area contributed by atoms with E-state index in [4.69, 9.17) is 5.73 Å². The average Bonchev–Trinajstić information content (AvgIpc) is 2.41. The van der Waals surface area contributed by atoms with E-state index in [0.717, 1.165) is 25.4 Å². The summed E-state index contributed by atoms with van der Waals surface area (Å²) in [5.74, 6) is 1.33. The quantitative estimate of drug-likeness (QED) is 0.908. The molecule has 0 spiro atoms. The maximum atomic E-state index is 6.12. The Kier molecular flexibility index (Phi) is 5.22. The van der Waals surface area contributed by atoms with Crippen LogP contribution in [0.2, 0.25) is 0 Å². The molecule has 2 heteroatoms. The minimum absolute atomic E-state index is 0.381. The molecular weight excluding hydrogens is 244 g/mol. The Morgan fingerprint density at radius 1 is 1.20 bits per heavy atom. The summed E-state index contributed by atoms with van der Waals surface area (Å²) in [4.78, 5) is 2.57. The SMILES string of the molecule is CC(C)Cc1ccc(C(C)N2CCC(N)C(C)C2)cc1. The molecule has 1 heterocycles. The van der Waals surface area contributed by atoms with Crippen LogP contribution in [0.1, 0.15) is 51.3 Å². The topological polar surface area (TPSA) is 29.3 Å². The maximum Gasteiger partial charge on any atom is 0.0320 e. The third-order valence-electron chi connectivity index (χ3n) is 4.66. The van der Waals surface area contributed by atoms with E-state index in [-0.39, 0.29) is 0 Å². The number of nitrogens with zero attached hydrogens (tertiary/aromatic N) is 1. The molecule has 20 heavy (non-hydrogen) atoms. The minimum atomic E-state index is 0.381. The Balaban J connectivity index is 2.00. The van der Waals surface area contributed by atoms with Crippen molar-refractivity contribution in [3.8, 4) is 0 Å². The summed E-state index contributed by atoms with van der Waals surface area (Å²) in [7, 11) is 0. The van der Waals surface area contributed by atoms with Gasteiger partial charge in [-0.3, -0.25) is 4.90 Å². The van der Waals surface area contributed by atoms with Crippen molar-refractivity contribution in [2.45, 2.75) is 52.6 Å². The first-order valence-corrected chi connectivity index (χ1v) is 8.06. The largest absolute Gasteiger partial charge is 0.327 e. The highest BCUT2D eigenvalue weighted by molar-refractivity contribution is 5.25. The first kappa shape index (κ1) is 15.5. The summed E-state index contributed by atoms with van der Waals surface area (Å²) in [6.07, 6.45) is 2.29. The standard InChI is InChI=1S/C18H30N2/c1-13(2)11-16-5-7-17(8-6-16)15(4)20-10-9-18(19)14(3)12-20/h5-8,13-15,18H,9-12,19H2,1-4H3. The van der Waals surface area contributed by atoms with E-state index >= 15 is 0 Å². The molecule has 3 atom stereocenters. The zero-order valence-corrected chi connectivity index (χ0v) is 13.5. The van der Waals surface area contributed by atoms with E-state index in [0.29, 0.717) is 18.0 Å². The lowest BCUT2D eigenvalue weighted by Gasteiger charge is -2.39. The van der Waals surface area contributed by atoms with Crippen LogP contribution in [0, 0.1) is 11.8 Å². The number of piperidine rings is 1. The van der Waals surface area contributed by atoms with Crippen LogP contribution < -0.4 is 5.73 Å². The molecule has 1 aromatic carbocycles. The number of benzene rings is 1. The third kappa shape index (κ3) is 3.83. The predicted molar refractivity (Wildman–Crippen MR) is 86.7 cm³/mol. The zero-order valence-electron chi connectivity index (χ0n) is 13.5. The van der Waals surface area contributed by atoms with E-state index < -0.39 is 0 Å². The van der Waals surface area contributed by atoms with Crippen molar-refractivity contribution >= 4 is 0 Å². The van der Waals surface area contributed by atoms with Crippen molar-refractivity contribution in [2.75, 3.05) is 13.1 Å². The Bertz CT molecular complexity index is 410. The van der Waals surface area contributed by atoms with E-state index in [1.165, 1.54) is 17.5 Å². The van der Waals surface area contributed by atoms with Crippen LogP contribution in [0.15, 0.2) is 24.3 Å². The van der Waals surface area contributed by atoms with Crippen molar-refractivity contribution in [1.82, 2.24) is 4.90 Å². The van der Waals surface area contributed by atoms with Gasteiger partial charge in [0.1, 0.15) is 0 Å². The molecule has 2 rings (SSSR count). The lowest BCUT2D eigenvalue weighted by atomic mass is 9.92. The van der Waals surface area contributed by atoms with Crippen LogP contribution in [0.4, 0.5) is 0 Å². The molecule has 1 aliphatic heterocycles. The fourth-order valence-corrected chi connectivity index (χ4v) is 3.16. The summed E-state index contributed by atoms with van der Waals surface area (Å²) in [6.45, 7) is 11.4. The number of rotatable bonds is 4. The average molecular weight is 274 g/mol. The molecule has 1 aromatic rings. The molecule has 0 bridgehead atoms. The van der Waals surface area contributed by atoms with Crippen molar-refractivity contribution in [3.63, 3.8) is 0 Å². The second-order valence-electron chi connectivity index (χ2n) is 6.94. The highest BCUT2D eigenvalue weighted by Gasteiger charge is 2.26. The Labute approximate surface area is 124 Å².